The molecule has 0 aromatic heterocycles. The van der Waals surface area contributed by atoms with E-state index in [2.05, 4.69) is 5.32 Å². The van der Waals surface area contributed by atoms with E-state index in [9.17, 15) is 14.0 Å². The van der Waals surface area contributed by atoms with Crippen LogP contribution in [0.1, 0.15) is 39.6 Å². The van der Waals surface area contributed by atoms with E-state index in [1.165, 1.54) is 6.07 Å². The topological polar surface area (TPSA) is 46.2 Å². The normalized spacial score (nSPS) is 18.5. The number of halogens is 1. The van der Waals surface area contributed by atoms with Gasteiger partial charge in [-0.1, -0.05) is 0 Å². The Morgan fingerprint density at radius 2 is 2.19 bits per heavy atom. The van der Waals surface area contributed by atoms with Crippen LogP contribution in [0.5, 0.6) is 0 Å². The summed E-state index contributed by atoms with van der Waals surface area (Å²) in [5.74, 6) is -0.708. The standard InChI is InChI=1S/C12H12FNO2/c1-7-2-3-9-10(6-16)12(13)8(5-15)4-11(9)14-7/h4-7,14H,2-3H2,1H3. The first-order valence-electron chi connectivity index (χ1n) is 5.19. The van der Waals surface area contributed by atoms with Gasteiger partial charge >= 0.3 is 0 Å². The third kappa shape index (κ3) is 1.60. The van der Waals surface area contributed by atoms with Crippen molar-refractivity contribution < 1.29 is 14.0 Å². The summed E-state index contributed by atoms with van der Waals surface area (Å²) in [6.45, 7) is 2.01. The van der Waals surface area contributed by atoms with Gasteiger partial charge in [-0.3, -0.25) is 9.59 Å². The van der Waals surface area contributed by atoms with E-state index in [4.69, 9.17) is 0 Å². The number of fused-ring (bicyclic) bond motifs is 1. The fourth-order valence-corrected chi connectivity index (χ4v) is 2.04. The highest BCUT2D eigenvalue weighted by Gasteiger charge is 2.22. The summed E-state index contributed by atoms with van der Waals surface area (Å²) in [6.07, 6.45) is 2.43. The SMILES string of the molecule is CC1CCc2c(cc(C=O)c(F)c2C=O)N1. The molecule has 1 aromatic carbocycles. The first kappa shape index (κ1) is 10.8. The van der Waals surface area contributed by atoms with Crippen molar-refractivity contribution >= 4 is 18.3 Å². The lowest BCUT2D eigenvalue weighted by Gasteiger charge is -2.25. The Morgan fingerprint density at radius 3 is 2.81 bits per heavy atom. The molecule has 1 heterocycles. The number of carbonyl (C=O) groups is 2. The molecule has 0 spiro atoms. The van der Waals surface area contributed by atoms with Gasteiger partial charge in [-0.2, -0.15) is 0 Å². The molecular formula is C12H12FNO2. The smallest absolute Gasteiger partial charge is 0.153 e. The van der Waals surface area contributed by atoms with E-state index >= 15 is 0 Å². The fourth-order valence-electron chi connectivity index (χ4n) is 2.04. The molecule has 0 bridgehead atoms. The van der Waals surface area contributed by atoms with E-state index < -0.39 is 5.82 Å². The van der Waals surface area contributed by atoms with Gasteiger partial charge in [0.1, 0.15) is 5.82 Å². The Balaban J connectivity index is 2.64. The van der Waals surface area contributed by atoms with Crippen LogP contribution < -0.4 is 5.32 Å². The van der Waals surface area contributed by atoms with E-state index in [1.54, 1.807) is 0 Å². The van der Waals surface area contributed by atoms with Gasteiger partial charge in [0.15, 0.2) is 12.6 Å². The molecule has 0 fully saturated rings. The van der Waals surface area contributed by atoms with E-state index in [-0.39, 0.29) is 17.2 Å². The summed E-state index contributed by atoms with van der Waals surface area (Å²) in [5, 5.41) is 3.15. The van der Waals surface area contributed by atoms with E-state index in [0.29, 0.717) is 30.2 Å². The van der Waals surface area contributed by atoms with Crippen LogP contribution in [0.3, 0.4) is 0 Å². The predicted octanol–water partition coefficient (Wildman–Crippen LogP) is 2.20. The van der Waals surface area contributed by atoms with Gasteiger partial charge in [-0.05, 0) is 31.4 Å². The molecule has 1 aliphatic rings. The molecule has 0 aliphatic carbocycles. The number of hydrogen-bond donors (Lipinski definition) is 1. The molecule has 1 atom stereocenters. The van der Waals surface area contributed by atoms with Gasteiger partial charge in [-0.25, -0.2) is 4.39 Å². The Kier molecular flexibility index (Phi) is 2.73. The summed E-state index contributed by atoms with van der Waals surface area (Å²) < 4.78 is 13.7. The van der Waals surface area contributed by atoms with Crippen molar-refractivity contribution in [2.24, 2.45) is 0 Å². The molecule has 0 saturated carbocycles. The van der Waals surface area contributed by atoms with E-state index in [1.807, 2.05) is 6.92 Å². The summed E-state index contributed by atoms with van der Waals surface area (Å²) in [5.41, 5.74) is 1.32. The van der Waals surface area contributed by atoms with Gasteiger partial charge in [0, 0.05) is 11.7 Å². The molecule has 3 nitrogen and oxygen atoms in total. The molecule has 1 aromatic rings. The number of benzene rings is 1. The average molecular weight is 221 g/mol. The first-order chi connectivity index (χ1) is 7.67. The summed E-state index contributed by atoms with van der Waals surface area (Å²) in [6, 6.07) is 1.75. The van der Waals surface area contributed by atoms with Crippen molar-refractivity contribution in [1.82, 2.24) is 0 Å². The maximum atomic E-state index is 13.7. The zero-order valence-electron chi connectivity index (χ0n) is 8.92. The Hall–Kier alpha value is -1.71. The second-order valence-electron chi connectivity index (χ2n) is 4.04. The van der Waals surface area contributed by atoms with Crippen LogP contribution in [-0.2, 0) is 6.42 Å². The minimum atomic E-state index is -0.708. The molecule has 1 aliphatic heterocycles. The number of aldehydes is 2. The van der Waals surface area contributed by atoms with Crippen LogP contribution in [0.25, 0.3) is 0 Å². The molecule has 1 unspecified atom stereocenters. The molecular weight excluding hydrogens is 209 g/mol. The van der Waals surface area contributed by atoms with Gasteiger partial charge in [0.2, 0.25) is 0 Å². The number of hydrogen-bond acceptors (Lipinski definition) is 3. The largest absolute Gasteiger partial charge is 0.382 e. The van der Waals surface area contributed by atoms with Crippen LogP contribution in [-0.4, -0.2) is 18.6 Å². The molecule has 84 valence electrons. The molecule has 0 radical (unpaired) electrons. The van der Waals surface area contributed by atoms with Crippen LogP contribution in [0, 0.1) is 5.82 Å². The maximum absolute atomic E-state index is 13.7. The lowest BCUT2D eigenvalue weighted by atomic mass is 9.93. The van der Waals surface area contributed by atoms with Gasteiger partial charge < -0.3 is 5.32 Å². The van der Waals surface area contributed by atoms with Gasteiger partial charge in [0.05, 0.1) is 11.1 Å². The van der Waals surface area contributed by atoms with Crippen molar-refractivity contribution in [2.45, 2.75) is 25.8 Å². The number of rotatable bonds is 2. The average Bonchev–Trinajstić information content (AvgIpc) is 2.28. The third-order valence-corrected chi connectivity index (χ3v) is 2.91. The molecule has 4 heteroatoms. The highest BCUT2D eigenvalue weighted by Crippen LogP contribution is 2.30. The summed E-state index contributed by atoms with van der Waals surface area (Å²) >= 11 is 0. The zero-order chi connectivity index (χ0) is 11.7. The number of nitrogens with one attached hydrogen (secondary N) is 1. The zero-order valence-corrected chi connectivity index (χ0v) is 8.92. The molecule has 16 heavy (non-hydrogen) atoms. The summed E-state index contributed by atoms with van der Waals surface area (Å²) in [4.78, 5) is 21.5. The van der Waals surface area contributed by atoms with E-state index in [0.717, 1.165) is 6.42 Å². The Bertz CT molecular complexity index is 457. The minimum absolute atomic E-state index is 0.0130. The van der Waals surface area contributed by atoms with Crippen LogP contribution in [0.2, 0.25) is 0 Å². The van der Waals surface area contributed by atoms with Crippen LogP contribution in [0.15, 0.2) is 6.07 Å². The van der Waals surface area contributed by atoms with Crippen molar-refractivity contribution in [3.8, 4) is 0 Å². The molecule has 0 amide bonds. The minimum Gasteiger partial charge on any atom is -0.382 e. The van der Waals surface area contributed by atoms with Crippen LogP contribution >= 0.6 is 0 Å². The Morgan fingerprint density at radius 1 is 1.44 bits per heavy atom. The number of anilines is 1. The quantitative estimate of drug-likeness (QED) is 0.779. The lowest BCUT2D eigenvalue weighted by Crippen LogP contribution is -2.23. The Labute approximate surface area is 92.7 Å². The molecule has 0 saturated heterocycles. The monoisotopic (exact) mass is 221 g/mol. The summed E-state index contributed by atoms with van der Waals surface area (Å²) in [7, 11) is 0. The van der Waals surface area contributed by atoms with Crippen molar-refractivity contribution in [2.75, 3.05) is 5.32 Å². The lowest BCUT2D eigenvalue weighted by molar-refractivity contribution is 0.111. The highest BCUT2D eigenvalue weighted by atomic mass is 19.1. The van der Waals surface area contributed by atoms with Crippen molar-refractivity contribution in [1.29, 1.82) is 0 Å². The maximum Gasteiger partial charge on any atom is 0.153 e. The second-order valence-corrected chi connectivity index (χ2v) is 4.04. The van der Waals surface area contributed by atoms with Crippen molar-refractivity contribution in [3.63, 3.8) is 0 Å². The molecule has 2 rings (SSSR count). The fraction of sp³-hybridized carbons (Fsp3) is 0.333. The highest BCUT2D eigenvalue weighted by molar-refractivity contribution is 5.88. The predicted molar refractivity (Wildman–Crippen MR) is 58.6 cm³/mol. The second kappa shape index (κ2) is 4.04. The third-order valence-electron chi connectivity index (χ3n) is 2.91. The van der Waals surface area contributed by atoms with Gasteiger partial charge in [-0.15, -0.1) is 0 Å². The first-order valence-corrected chi connectivity index (χ1v) is 5.19. The van der Waals surface area contributed by atoms with Gasteiger partial charge in [0.25, 0.3) is 0 Å². The number of carbonyl (C=O) groups excluding carboxylic acids is 2. The molecule has 1 N–H and O–H groups in total. The van der Waals surface area contributed by atoms with Crippen molar-refractivity contribution in [3.05, 3.63) is 28.6 Å². The van der Waals surface area contributed by atoms with Crippen LogP contribution in [0.4, 0.5) is 10.1 Å².